The maximum Gasteiger partial charge on any atom is 0.237 e. The highest BCUT2D eigenvalue weighted by Gasteiger charge is 2.48. The fourth-order valence-corrected chi connectivity index (χ4v) is 4.57. The van der Waals surface area contributed by atoms with Gasteiger partial charge in [-0.1, -0.05) is 12.2 Å². The second-order valence-electron chi connectivity index (χ2n) is 7.94. The lowest BCUT2D eigenvalue weighted by atomic mass is 9.85. The van der Waals surface area contributed by atoms with Crippen LogP contribution in [0.3, 0.4) is 0 Å². The van der Waals surface area contributed by atoms with E-state index in [1.54, 1.807) is 16.9 Å². The van der Waals surface area contributed by atoms with E-state index in [1.807, 2.05) is 24.3 Å². The van der Waals surface area contributed by atoms with Crippen LogP contribution in [-0.2, 0) is 16.1 Å². The normalized spacial score (nSPS) is 30.5. The fourth-order valence-electron chi connectivity index (χ4n) is 4.57. The molecule has 2 atom stereocenters. The Morgan fingerprint density at radius 3 is 2.04 bits per heavy atom. The summed E-state index contributed by atoms with van der Waals surface area (Å²) in [5.74, 6) is 0.774. The average Bonchev–Trinajstić information content (AvgIpc) is 2.95. The summed E-state index contributed by atoms with van der Waals surface area (Å²) in [4.78, 5) is 29.7. The van der Waals surface area contributed by atoms with E-state index in [0.717, 1.165) is 51.3 Å². The van der Waals surface area contributed by atoms with Crippen LogP contribution in [0, 0.1) is 11.8 Å². The van der Waals surface area contributed by atoms with E-state index in [-0.39, 0.29) is 23.7 Å². The molecule has 4 rings (SSSR count). The van der Waals surface area contributed by atoms with Crippen LogP contribution in [0.4, 0.5) is 0 Å². The van der Waals surface area contributed by atoms with E-state index in [4.69, 9.17) is 4.74 Å². The molecule has 27 heavy (non-hydrogen) atoms. The van der Waals surface area contributed by atoms with E-state index < -0.39 is 0 Å². The highest BCUT2D eigenvalue weighted by atomic mass is 16.5. The Balaban J connectivity index is 1.28. The number of rotatable bonds is 5. The van der Waals surface area contributed by atoms with Gasteiger partial charge in [-0.15, -0.1) is 0 Å². The van der Waals surface area contributed by atoms with Gasteiger partial charge in [-0.3, -0.25) is 9.59 Å². The number of amides is 2. The minimum atomic E-state index is -0.108. The van der Waals surface area contributed by atoms with Crippen molar-refractivity contribution in [1.29, 1.82) is 0 Å². The summed E-state index contributed by atoms with van der Waals surface area (Å²) < 4.78 is 5.22. The number of nitrogens with one attached hydrogen (secondary N) is 2. The third-order valence-corrected chi connectivity index (χ3v) is 6.26. The van der Waals surface area contributed by atoms with Crippen LogP contribution >= 0.6 is 0 Å². The van der Waals surface area contributed by atoms with E-state index in [2.05, 4.69) is 12.1 Å². The molecule has 0 bridgehead atoms. The lowest BCUT2D eigenvalue weighted by Crippen LogP contribution is -3.28. The van der Waals surface area contributed by atoms with Crippen molar-refractivity contribution >= 4 is 11.8 Å². The molecule has 2 amide bonds. The number of carbonyl (C=O) groups is 2. The van der Waals surface area contributed by atoms with Crippen molar-refractivity contribution < 1.29 is 24.1 Å². The minimum absolute atomic E-state index is 0.0508. The van der Waals surface area contributed by atoms with Gasteiger partial charge in [0.15, 0.2) is 6.67 Å². The number of piperazine rings is 1. The van der Waals surface area contributed by atoms with Gasteiger partial charge in [-0.05, 0) is 37.1 Å². The molecule has 0 aromatic heterocycles. The molecular weight excluding hydrogens is 342 g/mol. The summed E-state index contributed by atoms with van der Waals surface area (Å²) in [6, 6.07) is 8.27. The summed E-state index contributed by atoms with van der Waals surface area (Å²) in [6.07, 6.45) is 5.54. The van der Waals surface area contributed by atoms with Gasteiger partial charge in [0.25, 0.3) is 0 Å². The Bertz CT molecular complexity index is 697. The number of allylic oxidation sites excluding steroid dienone is 2. The lowest BCUT2D eigenvalue weighted by molar-refractivity contribution is -1.02. The molecule has 1 aromatic rings. The van der Waals surface area contributed by atoms with Crippen molar-refractivity contribution in [1.82, 2.24) is 4.90 Å². The molecule has 0 unspecified atom stereocenters. The molecule has 0 saturated carbocycles. The number of carbonyl (C=O) groups excluding carboxylic acids is 2. The van der Waals surface area contributed by atoms with Crippen LogP contribution < -0.4 is 14.5 Å². The van der Waals surface area contributed by atoms with Crippen molar-refractivity contribution in [2.45, 2.75) is 19.4 Å². The number of imide groups is 1. The Hall–Kier alpha value is -2.18. The van der Waals surface area contributed by atoms with Gasteiger partial charge in [-0.2, -0.15) is 0 Å². The maximum atomic E-state index is 12.6. The molecule has 6 nitrogen and oxygen atoms in total. The first-order valence-electron chi connectivity index (χ1n) is 9.96. The van der Waals surface area contributed by atoms with E-state index >= 15 is 0 Å². The number of nitrogens with zero attached hydrogens (tertiary/aromatic N) is 1. The number of benzene rings is 1. The summed E-state index contributed by atoms with van der Waals surface area (Å²) >= 11 is 0. The van der Waals surface area contributed by atoms with Crippen LogP contribution in [0.2, 0.25) is 0 Å². The van der Waals surface area contributed by atoms with Crippen molar-refractivity contribution in [2.24, 2.45) is 11.8 Å². The van der Waals surface area contributed by atoms with Gasteiger partial charge in [0.2, 0.25) is 11.8 Å². The zero-order chi connectivity index (χ0) is 18.8. The maximum absolute atomic E-state index is 12.6. The number of hydrogen-bond acceptors (Lipinski definition) is 3. The van der Waals surface area contributed by atoms with Crippen LogP contribution in [-0.4, -0.2) is 56.7 Å². The molecule has 6 heteroatoms. The first kappa shape index (κ1) is 18.2. The molecule has 2 N–H and O–H groups in total. The number of quaternary nitrogens is 2. The molecule has 2 saturated heterocycles. The highest BCUT2D eigenvalue weighted by Crippen LogP contribution is 2.34. The molecule has 144 valence electrons. The Morgan fingerprint density at radius 2 is 1.48 bits per heavy atom. The van der Waals surface area contributed by atoms with Gasteiger partial charge >= 0.3 is 0 Å². The van der Waals surface area contributed by atoms with Crippen LogP contribution in [0.1, 0.15) is 18.4 Å². The van der Waals surface area contributed by atoms with Gasteiger partial charge in [0.05, 0.1) is 18.9 Å². The zero-order valence-corrected chi connectivity index (χ0v) is 15.9. The molecule has 2 heterocycles. The first-order valence-corrected chi connectivity index (χ1v) is 9.96. The topological polar surface area (TPSA) is 55.5 Å². The number of ether oxygens (including phenoxy) is 1. The smallest absolute Gasteiger partial charge is 0.237 e. The Kier molecular flexibility index (Phi) is 5.27. The van der Waals surface area contributed by atoms with Crippen molar-refractivity contribution in [3.63, 3.8) is 0 Å². The molecule has 1 aliphatic carbocycles. The quantitative estimate of drug-likeness (QED) is 0.510. The highest BCUT2D eigenvalue weighted by molar-refractivity contribution is 6.05. The summed E-state index contributed by atoms with van der Waals surface area (Å²) in [5, 5.41) is 0. The van der Waals surface area contributed by atoms with Crippen LogP contribution in [0.25, 0.3) is 0 Å². The summed E-state index contributed by atoms with van der Waals surface area (Å²) in [6.45, 7) is 5.67. The zero-order valence-electron chi connectivity index (χ0n) is 15.9. The second kappa shape index (κ2) is 7.82. The molecule has 2 fully saturated rings. The largest absolute Gasteiger partial charge is 0.497 e. The fraction of sp³-hybridized carbons (Fsp3) is 0.524. The van der Waals surface area contributed by atoms with E-state index in [0.29, 0.717) is 6.67 Å². The van der Waals surface area contributed by atoms with Crippen LogP contribution in [0.15, 0.2) is 36.4 Å². The van der Waals surface area contributed by atoms with Gasteiger partial charge in [0.1, 0.15) is 38.5 Å². The van der Waals surface area contributed by atoms with Gasteiger partial charge < -0.3 is 14.5 Å². The molecule has 0 spiro atoms. The average molecular weight is 371 g/mol. The predicted molar refractivity (Wildman–Crippen MR) is 100 cm³/mol. The van der Waals surface area contributed by atoms with E-state index in [1.165, 1.54) is 10.5 Å². The SMILES string of the molecule is COc1ccc(C[NH+]2CC[NH+](CN3C(=O)[C@H]4CC=CC[C@H]4C3=O)CC2)cc1. The Labute approximate surface area is 160 Å². The summed E-state index contributed by atoms with van der Waals surface area (Å²) in [7, 11) is 1.68. The number of methoxy groups -OCH3 is 1. The number of fused-ring (bicyclic) bond motifs is 1. The lowest BCUT2D eigenvalue weighted by Gasteiger charge is -2.31. The molecule has 2 aliphatic heterocycles. The van der Waals surface area contributed by atoms with Gasteiger partial charge in [0, 0.05) is 5.56 Å². The summed E-state index contributed by atoms with van der Waals surface area (Å²) in [5.41, 5.74) is 1.32. The molecule has 1 aromatic carbocycles. The standard InChI is InChI=1S/C21H27N3O3/c1-27-17-8-6-16(7-9-17)14-22-10-12-23(13-11-22)15-24-20(25)18-4-2-3-5-19(18)21(24)26/h2-3,6-9,18-19H,4-5,10-15H2,1H3/p+2/t18-,19+. The molecule has 3 aliphatic rings. The van der Waals surface area contributed by atoms with Crippen molar-refractivity contribution in [3.05, 3.63) is 42.0 Å². The Morgan fingerprint density at radius 1 is 0.926 bits per heavy atom. The number of likely N-dealkylation sites (tertiary alicyclic amines) is 1. The monoisotopic (exact) mass is 371 g/mol. The van der Waals surface area contributed by atoms with Crippen LogP contribution in [0.5, 0.6) is 5.75 Å². The van der Waals surface area contributed by atoms with Crippen molar-refractivity contribution in [2.75, 3.05) is 40.0 Å². The van der Waals surface area contributed by atoms with Crippen molar-refractivity contribution in [3.8, 4) is 5.75 Å². The predicted octanol–water partition coefficient (Wildman–Crippen LogP) is -1.11. The number of hydrogen-bond donors (Lipinski definition) is 2. The van der Waals surface area contributed by atoms with E-state index in [9.17, 15) is 9.59 Å². The molecule has 0 radical (unpaired) electrons. The second-order valence-corrected chi connectivity index (χ2v) is 7.94. The third-order valence-electron chi connectivity index (χ3n) is 6.26. The third kappa shape index (κ3) is 3.77. The minimum Gasteiger partial charge on any atom is -0.497 e. The molecular formula is C21H29N3O3+2. The first-order chi connectivity index (χ1) is 13.2. The van der Waals surface area contributed by atoms with Gasteiger partial charge in [-0.25, -0.2) is 4.90 Å².